The number of oxime groups is 1. The molecule has 0 spiro atoms. The van der Waals surface area contributed by atoms with Crippen molar-refractivity contribution in [1.29, 1.82) is 0 Å². The normalized spacial score (nSPS) is 12.7. The number of benzene rings is 1. The lowest BCUT2D eigenvalue weighted by molar-refractivity contribution is -0.00706. The molecule has 1 rings (SSSR count). The molecular weight excluding hydrogens is 230 g/mol. The van der Waals surface area contributed by atoms with Gasteiger partial charge in [0.2, 0.25) is 0 Å². The zero-order valence-electron chi connectivity index (χ0n) is 10.4. The lowest BCUT2D eigenvalue weighted by Crippen LogP contribution is -2.20. The molecule has 0 aliphatic heterocycles. The van der Waals surface area contributed by atoms with E-state index in [9.17, 15) is 0 Å². The minimum Gasteiger partial charge on any atom is -0.411 e. The summed E-state index contributed by atoms with van der Waals surface area (Å²) in [5.41, 5.74) is 1.12. The van der Waals surface area contributed by atoms with Gasteiger partial charge in [-0.2, -0.15) is 0 Å². The van der Waals surface area contributed by atoms with Crippen LogP contribution in [0.2, 0.25) is 0 Å². The molecule has 1 atom stereocenters. The van der Waals surface area contributed by atoms with Crippen LogP contribution in [0.4, 0.5) is 0 Å². The fraction of sp³-hybridized carbons (Fsp3) is 0.357. The largest absolute Gasteiger partial charge is 0.411 e. The van der Waals surface area contributed by atoms with Crippen LogP contribution in [0.15, 0.2) is 48.1 Å². The van der Waals surface area contributed by atoms with Crippen molar-refractivity contribution in [1.82, 2.24) is 0 Å². The van der Waals surface area contributed by atoms with E-state index >= 15 is 0 Å². The quantitative estimate of drug-likeness (QED) is 0.317. The monoisotopic (exact) mass is 249 g/mol. The Kier molecular flexibility index (Phi) is 7.52. The molecule has 0 aliphatic rings. The van der Waals surface area contributed by atoms with Crippen LogP contribution < -0.4 is 0 Å². The molecule has 1 N–H and O–H groups in total. The van der Waals surface area contributed by atoms with Gasteiger partial charge in [-0.25, -0.2) is 0 Å². The van der Waals surface area contributed by atoms with E-state index in [4.69, 9.17) is 14.7 Å². The first-order valence-electron chi connectivity index (χ1n) is 5.87. The van der Waals surface area contributed by atoms with Crippen molar-refractivity contribution in [2.24, 2.45) is 5.16 Å². The minimum atomic E-state index is -0.123. The Labute approximate surface area is 108 Å². The number of nitrogens with zero attached hydrogens (tertiary/aromatic N) is 1. The van der Waals surface area contributed by atoms with E-state index in [2.05, 4.69) is 11.7 Å². The summed E-state index contributed by atoms with van der Waals surface area (Å²) in [7, 11) is 0. The van der Waals surface area contributed by atoms with Crippen LogP contribution in [0, 0.1) is 0 Å². The van der Waals surface area contributed by atoms with E-state index in [0.717, 1.165) is 5.56 Å². The van der Waals surface area contributed by atoms with Gasteiger partial charge in [0.15, 0.2) is 0 Å². The molecule has 1 aromatic rings. The second-order valence-corrected chi connectivity index (χ2v) is 3.78. The third-order valence-electron chi connectivity index (χ3n) is 2.32. The van der Waals surface area contributed by atoms with Gasteiger partial charge in [0.05, 0.1) is 25.9 Å². The minimum absolute atomic E-state index is 0.123. The lowest BCUT2D eigenvalue weighted by atomic mass is 10.2. The molecule has 4 nitrogen and oxygen atoms in total. The molecule has 1 unspecified atom stereocenters. The Morgan fingerprint density at radius 3 is 2.78 bits per heavy atom. The molecule has 0 bridgehead atoms. The molecule has 0 aliphatic carbocycles. The number of ether oxygens (including phenoxy) is 2. The number of hydrogen-bond donors (Lipinski definition) is 1. The van der Waals surface area contributed by atoms with Gasteiger partial charge >= 0.3 is 0 Å². The predicted octanol–water partition coefficient (Wildman–Crippen LogP) is 2.62. The second-order valence-electron chi connectivity index (χ2n) is 3.78. The van der Waals surface area contributed by atoms with Crippen molar-refractivity contribution in [3.05, 3.63) is 48.6 Å². The molecule has 18 heavy (non-hydrogen) atoms. The van der Waals surface area contributed by atoms with E-state index < -0.39 is 0 Å². The summed E-state index contributed by atoms with van der Waals surface area (Å²) in [5, 5.41) is 11.4. The van der Waals surface area contributed by atoms with Crippen LogP contribution in [0.1, 0.15) is 12.0 Å². The number of rotatable bonds is 9. The van der Waals surface area contributed by atoms with Gasteiger partial charge in [-0.1, -0.05) is 36.4 Å². The highest BCUT2D eigenvalue weighted by molar-refractivity contribution is 5.56. The Morgan fingerprint density at radius 1 is 1.33 bits per heavy atom. The van der Waals surface area contributed by atoms with Gasteiger partial charge in [-0.05, 0) is 5.56 Å². The molecule has 0 aromatic heterocycles. The molecule has 0 fully saturated rings. The maximum atomic E-state index is 8.40. The highest BCUT2D eigenvalue weighted by Gasteiger charge is 2.07. The topological polar surface area (TPSA) is 51.0 Å². The van der Waals surface area contributed by atoms with Crippen LogP contribution in [0.3, 0.4) is 0 Å². The maximum Gasteiger partial charge on any atom is 0.0863 e. The Morgan fingerprint density at radius 2 is 2.11 bits per heavy atom. The standard InChI is InChI=1S/C14H19NO3/c1-2-10-18-14(8-9-15-16)12-17-11-13-6-4-3-5-7-13/h2-7,9,14,16H,1,8,10-12H2. The van der Waals surface area contributed by atoms with Crippen molar-refractivity contribution in [3.8, 4) is 0 Å². The molecule has 0 saturated heterocycles. The molecule has 0 radical (unpaired) electrons. The van der Waals surface area contributed by atoms with Gasteiger partial charge < -0.3 is 14.7 Å². The first-order chi connectivity index (χ1) is 8.86. The number of hydrogen-bond acceptors (Lipinski definition) is 4. The fourth-order valence-electron chi connectivity index (χ4n) is 1.44. The van der Waals surface area contributed by atoms with E-state index in [1.165, 1.54) is 6.21 Å². The van der Waals surface area contributed by atoms with Gasteiger partial charge in [0, 0.05) is 12.6 Å². The summed E-state index contributed by atoms with van der Waals surface area (Å²) in [4.78, 5) is 0. The average molecular weight is 249 g/mol. The summed E-state index contributed by atoms with van der Waals surface area (Å²) >= 11 is 0. The van der Waals surface area contributed by atoms with Crippen molar-refractivity contribution in [2.75, 3.05) is 13.2 Å². The fourth-order valence-corrected chi connectivity index (χ4v) is 1.44. The molecule has 4 heteroatoms. The van der Waals surface area contributed by atoms with Gasteiger partial charge in [0.1, 0.15) is 0 Å². The highest BCUT2D eigenvalue weighted by Crippen LogP contribution is 2.04. The summed E-state index contributed by atoms with van der Waals surface area (Å²) < 4.78 is 11.1. The van der Waals surface area contributed by atoms with Gasteiger partial charge in [-0.3, -0.25) is 0 Å². The predicted molar refractivity (Wildman–Crippen MR) is 70.9 cm³/mol. The molecule has 0 saturated carbocycles. The third kappa shape index (κ3) is 6.18. The SMILES string of the molecule is C=CCOC(CC=NO)COCc1ccccc1. The van der Waals surface area contributed by atoms with E-state index in [0.29, 0.717) is 26.2 Å². The van der Waals surface area contributed by atoms with Crippen molar-refractivity contribution in [3.63, 3.8) is 0 Å². The maximum absolute atomic E-state index is 8.40. The van der Waals surface area contributed by atoms with Crippen LogP contribution in [-0.4, -0.2) is 30.7 Å². The van der Waals surface area contributed by atoms with E-state index in [-0.39, 0.29) is 6.10 Å². The first-order valence-corrected chi connectivity index (χ1v) is 5.87. The van der Waals surface area contributed by atoms with Crippen LogP contribution >= 0.6 is 0 Å². The summed E-state index contributed by atoms with van der Waals surface area (Å²) in [5.74, 6) is 0. The smallest absolute Gasteiger partial charge is 0.0863 e. The van der Waals surface area contributed by atoms with Crippen molar-refractivity contribution in [2.45, 2.75) is 19.1 Å². The average Bonchev–Trinajstić information content (AvgIpc) is 2.42. The first kappa shape index (κ1) is 14.4. The van der Waals surface area contributed by atoms with E-state index in [1.54, 1.807) is 6.08 Å². The summed E-state index contributed by atoms with van der Waals surface area (Å²) in [6.45, 7) is 5.05. The zero-order valence-corrected chi connectivity index (χ0v) is 10.4. The highest BCUT2D eigenvalue weighted by atomic mass is 16.5. The molecule has 1 aromatic carbocycles. The summed E-state index contributed by atoms with van der Waals surface area (Å²) in [6, 6.07) is 9.94. The van der Waals surface area contributed by atoms with Crippen molar-refractivity contribution < 1.29 is 14.7 Å². The Balaban J connectivity index is 2.29. The Hall–Kier alpha value is -1.65. The van der Waals surface area contributed by atoms with Crippen molar-refractivity contribution >= 4 is 6.21 Å². The zero-order chi connectivity index (χ0) is 13.1. The van der Waals surface area contributed by atoms with Crippen LogP contribution in [0.25, 0.3) is 0 Å². The van der Waals surface area contributed by atoms with Gasteiger partial charge in [-0.15, -0.1) is 11.7 Å². The molecule has 0 amide bonds. The van der Waals surface area contributed by atoms with Gasteiger partial charge in [0.25, 0.3) is 0 Å². The van der Waals surface area contributed by atoms with Crippen LogP contribution in [0.5, 0.6) is 0 Å². The summed E-state index contributed by atoms with van der Waals surface area (Å²) in [6.07, 6.45) is 3.47. The third-order valence-corrected chi connectivity index (χ3v) is 2.32. The van der Waals surface area contributed by atoms with Crippen LogP contribution in [-0.2, 0) is 16.1 Å². The molecule has 98 valence electrons. The molecule has 0 heterocycles. The molecular formula is C14H19NO3. The second kappa shape index (κ2) is 9.39. The lowest BCUT2D eigenvalue weighted by Gasteiger charge is -2.15. The van der Waals surface area contributed by atoms with E-state index in [1.807, 2.05) is 30.3 Å². The Bertz CT molecular complexity index is 351.